The van der Waals surface area contributed by atoms with Gasteiger partial charge in [0.2, 0.25) is 5.95 Å². The van der Waals surface area contributed by atoms with Crippen LogP contribution in [0.1, 0.15) is 55.6 Å². The third-order valence-corrected chi connectivity index (χ3v) is 6.64. The summed E-state index contributed by atoms with van der Waals surface area (Å²) in [6, 6.07) is 8.13. The molecule has 1 aliphatic carbocycles. The monoisotopic (exact) mass is 419 g/mol. The van der Waals surface area contributed by atoms with Crippen LogP contribution in [0.3, 0.4) is 0 Å². The van der Waals surface area contributed by atoms with Crippen molar-refractivity contribution in [3.63, 3.8) is 0 Å². The van der Waals surface area contributed by atoms with Gasteiger partial charge in [-0.25, -0.2) is 0 Å². The molecule has 1 aromatic carbocycles. The molecule has 7 nitrogen and oxygen atoms in total. The second-order valence-corrected chi connectivity index (χ2v) is 8.91. The molecule has 7 heteroatoms. The zero-order chi connectivity index (χ0) is 21.5. The van der Waals surface area contributed by atoms with E-state index >= 15 is 0 Å². The van der Waals surface area contributed by atoms with E-state index in [1.54, 1.807) is 0 Å². The Morgan fingerprint density at radius 1 is 1.00 bits per heavy atom. The number of fused-ring (bicyclic) bond motifs is 1. The lowest BCUT2D eigenvalue weighted by Gasteiger charge is -2.34. The van der Waals surface area contributed by atoms with E-state index in [0.29, 0.717) is 23.8 Å². The van der Waals surface area contributed by atoms with E-state index in [1.807, 2.05) is 43.3 Å². The topological polar surface area (TPSA) is 81.3 Å². The molecule has 2 N–H and O–H groups in total. The molecule has 1 fully saturated rings. The number of carbonyl (C=O) groups is 1. The highest BCUT2D eigenvalue weighted by atomic mass is 16.1. The van der Waals surface area contributed by atoms with E-state index in [-0.39, 0.29) is 17.3 Å². The number of aromatic nitrogens is 2. The van der Waals surface area contributed by atoms with Crippen LogP contribution in [0.25, 0.3) is 0 Å². The van der Waals surface area contributed by atoms with Crippen molar-refractivity contribution in [3.05, 3.63) is 57.0 Å². The number of anilines is 3. The number of aromatic amines is 1. The molecule has 162 valence electrons. The molecule has 1 atom stereocenters. The summed E-state index contributed by atoms with van der Waals surface area (Å²) < 4.78 is 0. The Kier molecular flexibility index (Phi) is 5.04. The van der Waals surface area contributed by atoms with Gasteiger partial charge in [0.1, 0.15) is 5.82 Å². The lowest BCUT2D eigenvalue weighted by molar-refractivity contribution is -0.116. The number of rotatable bonds is 3. The summed E-state index contributed by atoms with van der Waals surface area (Å²) in [5, 5.41) is 3.37. The zero-order valence-electron chi connectivity index (χ0n) is 18.2. The first-order chi connectivity index (χ1) is 15.0. The lowest BCUT2D eigenvalue weighted by Crippen LogP contribution is -2.36. The predicted molar refractivity (Wildman–Crippen MR) is 123 cm³/mol. The molecule has 0 amide bonds. The van der Waals surface area contributed by atoms with E-state index in [2.05, 4.69) is 15.2 Å². The van der Waals surface area contributed by atoms with Crippen LogP contribution < -0.4 is 20.7 Å². The number of benzene rings is 1. The number of nitrogens with one attached hydrogen (secondary N) is 2. The molecule has 3 aliphatic rings. The van der Waals surface area contributed by atoms with Crippen LogP contribution in [0, 0.1) is 0 Å². The SMILES string of the molecule is CN(C)c1ccc([C@H]2C3=C(CCCC3=O)Nc3nc(N4CCCCC4)[nH]c(=O)c32)cc1. The highest BCUT2D eigenvalue weighted by Crippen LogP contribution is 2.43. The number of hydrogen-bond donors (Lipinski definition) is 2. The quantitative estimate of drug-likeness (QED) is 0.794. The minimum Gasteiger partial charge on any atom is -0.378 e. The van der Waals surface area contributed by atoms with Crippen LogP contribution >= 0.6 is 0 Å². The molecule has 31 heavy (non-hydrogen) atoms. The minimum absolute atomic E-state index is 0.126. The Balaban J connectivity index is 1.64. The van der Waals surface area contributed by atoms with Crippen LogP contribution in [-0.4, -0.2) is 42.9 Å². The van der Waals surface area contributed by atoms with Gasteiger partial charge in [-0.15, -0.1) is 0 Å². The molecule has 1 aromatic heterocycles. The van der Waals surface area contributed by atoms with Crippen molar-refractivity contribution in [2.24, 2.45) is 0 Å². The third-order valence-electron chi connectivity index (χ3n) is 6.64. The first-order valence-corrected chi connectivity index (χ1v) is 11.2. The highest BCUT2D eigenvalue weighted by molar-refractivity contribution is 6.00. The van der Waals surface area contributed by atoms with Crippen molar-refractivity contribution >= 4 is 23.2 Å². The summed E-state index contributed by atoms with van der Waals surface area (Å²) in [5.74, 6) is 0.964. The summed E-state index contributed by atoms with van der Waals surface area (Å²) in [7, 11) is 3.99. The summed E-state index contributed by atoms with van der Waals surface area (Å²) in [4.78, 5) is 38.4. The average Bonchev–Trinajstić information content (AvgIpc) is 2.78. The van der Waals surface area contributed by atoms with Gasteiger partial charge in [0.25, 0.3) is 5.56 Å². The van der Waals surface area contributed by atoms with Crippen LogP contribution in [-0.2, 0) is 4.79 Å². The van der Waals surface area contributed by atoms with Gasteiger partial charge in [-0.05, 0) is 49.8 Å². The fraction of sp³-hybridized carbons (Fsp3) is 0.458. The fourth-order valence-corrected chi connectivity index (χ4v) is 5.00. The van der Waals surface area contributed by atoms with Crippen LogP contribution in [0.15, 0.2) is 40.3 Å². The lowest BCUT2D eigenvalue weighted by atomic mass is 9.76. The summed E-state index contributed by atoms with van der Waals surface area (Å²) in [5.41, 5.74) is 4.07. The number of nitrogens with zero attached hydrogens (tertiary/aromatic N) is 3. The van der Waals surface area contributed by atoms with Crippen LogP contribution in [0.5, 0.6) is 0 Å². The van der Waals surface area contributed by atoms with Crippen LogP contribution in [0.4, 0.5) is 17.5 Å². The molecule has 0 radical (unpaired) electrons. The molecule has 5 rings (SSSR count). The Morgan fingerprint density at radius 3 is 2.45 bits per heavy atom. The van der Waals surface area contributed by atoms with Crippen molar-refractivity contribution in [3.8, 4) is 0 Å². The number of carbonyl (C=O) groups excluding carboxylic acids is 1. The van der Waals surface area contributed by atoms with E-state index in [0.717, 1.165) is 61.3 Å². The molecule has 0 saturated carbocycles. The molecule has 3 heterocycles. The number of H-pyrrole nitrogens is 1. The standard InChI is InChI=1S/C24H29N5O2/c1-28(2)16-11-9-15(10-12-16)19-20-17(7-6-8-18(20)30)25-22-21(19)23(31)27-24(26-22)29-13-4-3-5-14-29/h9-12,19H,3-8,13-14H2,1-2H3,(H2,25,26,27,31)/t19-/m0/s1. The number of piperidine rings is 1. The van der Waals surface area contributed by atoms with E-state index in [9.17, 15) is 9.59 Å². The van der Waals surface area contributed by atoms with Gasteiger partial charge in [-0.1, -0.05) is 12.1 Å². The second kappa shape index (κ2) is 7.87. The second-order valence-electron chi connectivity index (χ2n) is 8.91. The maximum Gasteiger partial charge on any atom is 0.258 e. The van der Waals surface area contributed by atoms with E-state index in [4.69, 9.17) is 4.98 Å². The molecule has 2 aromatic rings. The van der Waals surface area contributed by atoms with Gasteiger partial charge in [0.15, 0.2) is 5.78 Å². The minimum atomic E-state index is -0.387. The van der Waals surface area contributed by atoms with Gasteiger partial charge in [0, 0.05) is 56.5 Å². The van der Waals surface area contributed by atoms with Gasteiger partial charge in [-0.3, -0.25) is 14.6 Å². The molecule has 0 spiro atoms. The maximum atomic E-state index is 13.4. The molecule has 2 aliphatic heterocycles. The largest absolute Gasteiger partial charge is 0.378 e. The Bertz CT molecular complexity index is 1090. The van der Waals surface area contributed by atoms with Gasteiger partial charge in [-0.2, -0.15) is 4.98 Å². The zero-order valence-corrected chi connectivity index (χ0v) is 18.2. The summed E-state index contributed by atoms with van der Waals surface area (Å²) >= 11 is 0. The van der Waals surface area contributed by atoms with E-state index in [1.165, 1.54) is 6.42 Å². The summed E-state index contributed by atoms with van der Waals surface area (Å²) in [6.45, 7) is 1.81. The number of allylic oxidation sites excluding steroid dienone is 2. The van der Waals surface area contributed by atoms with Crippen molar-refractivity contribution < 1.29 is 4.79 Å². The van der Waals surface area contributed by atoms with Gasteiger partial charge in [0.05, 0.1) is 5.56 Å². The van der Waals surface area contributed by atoms with Gasteiger partial charge >= 0.3 is 0 Å². The Labute approximate surface area is 182 Å². The average molecular weight is 420 g/mol. The normalized spacial score (nSPS) is 20.8. The van der Waals surface area contributed by atoms with Gasteiger partial charge < -0.3 is 15.1 Å². The Hall–Kier alpha value is -3.09. The van der Waals surface area contributed by atoms with Crippen LogP contribution in [0.2, 0.25) is 0 Å². The third kappa shape index (κ3) is 3.52. The van der Waals surface area contributed by atoms with Crippen molar-refractivity contribution in [1.29, 1.82) is 0 Å². The van der Waals surface area contributed by atoms with Crippen molar-refractivity contribution in [1.82, 2.24) is 9.97 Å². The van der Waals surface area contributed by atoms with Crippen molar-refractivity contribution in [2.45, 2.75) is 44.4 Å². The number of Topliss-reactive ketones (excluding diaryl/α,β-unsaturated/α-hetero) is 1. The predicted octanol–water partition coefficient (Wildman–Crippen LogP) is 3.39. The molecule has 0 bridgehead atoms. The first kappa shape index (κ1) is 19.8. The van der Waals surface area contributed by atoms with Crippen molar-refractivity contribution in [2.75, 3.05) is 42.3 Å². The Morgan fingerprint density at radius 2 is 1.74 bits per heavy atom. The van der Waals surface area contributed by atoms with E-state index < -0.39 is 0 Å². The molecular formula is C24H29N5O2. The number of ketones is 1. The molecule has 1 saturated heterocycles. The highest BCUT2D eigenvalue weighted by Gasteiger charge is 2.38. The maximum absolute atomic E-state index is 13.4. The smallest absolute Gasteiger partial charge is 0.258 e. The number of hydrogen-bond acceptors (Lipinski definition) is 6. The first-order valence-electron chi connectivity index (χ1n) is 11.2. The summed E-state index contributed by atoms with van der Waals surface area (Å²) in [6.07, 6.45) is 5.60. The molecular weight excluding hydrogens is 390 g/mol. The fourth-order valence-electron chi connectivity index (χ4n) is 5.00. The molecule has 0 unspecified atom stereocenters.